The third-order valence-corrected chi connectivity index (χ3v) is 3.46. The molecule has 0 spiro atoms. The van der Waals surface area contributed by atoms with Gasteiger partial charge < -0.3 is 15.6 Å². The minimum atomic E-state index is 0.0438. The fourth-order valence-electron chi connectivity index (χ4n) is 2.13. The highest BCUT2D eigenvalue weighted by molar-refractivity contribution is 5.82. The summed E-state index contributed by atoms with van der Waals surface area (Å²) in [6, 6.07) is 7.42. The Kier molecular flexibility index (Phi) is 6.63. The second-order valence-corrected chi connectivity index (χ2v) is 5.29. The fourth-order valence-corrected chi connectivity index (χ4v) is 2.13. The first-order chi connectivity index (χ1) is 10.4. The second-order valence-electron chi connectivity index (χ2n) is 5.29. The Morgan fingerprint density at radius 2 is 2.00 bits per heavy atom. The second kappa shape index (κ2) is 8.22. The number of carbonyl (C=O) groups is 1. The SMILES string of the molecule is CCCCC(=O)NC.Cc1cc2cc(N)ccc2n(C)c1=O. The van der Waals surface area contributed by atoms with Gasteiger partial charge in [-0.25, -0.2) is 0 Å². The Morgan fingerprint density at radius 3 is 2.59 bits per heavy atom. The molecule has 120 valence electrons. The van der Waals surface area contributed by atoms with Crippen LogP contribution in [-0.2, 0) is 11.8 Å². The number of pyridine rings is 1. The molecule has 5 heteroatoms. The van der Waals surface area contributed by atoms with E-state index in [2.05, 4.69) is 12.2 Å². The van der Waals surface area contributed by atoms with Crippen LogP contribution in [0.25, 0.3) is 10.9 Å². The summed E-state index contributed by atoms with van der Waals surface area (Å²) in [5.74, 6) is 0.145. The molecule has 1 heterocycles. The van der Waals surface area contributed by atoms with Crippen LogP contribution in [-0.4, -0.2) is 17.5 Å². The summed E-state index contributed by atoms with van der Waals surface area (Å²) < 4.78 is 1.64. The number of benzene rings is 1. The van der Waals surface area contributed by atoms with Crippen molar-refractivity contribution in [1.29, 1.82) is 0 Å². The molecule has 0 saturated carbocycles. The number of fused-ring (bicyclic) bond motifs is 1. The van der Waals surface area contributed by atoms with Crippen LogP contribution in [0.4, 0.5) is 5.69 Å². The molecule has 3 N–H and O–H groups in total. The van der Waals surface area contributed by atoms with E-state index in [1.807, 2.05) is 25.1 Å². The molecule has 0 fully saturated rings. The molecular weight excluding hydrogens is 278 g/mol. The van der Waals surface area contributed by atoms with Gasteiger partial charge in [-0.2, -0.15) is 0 Å². The number of nitrogens with one attached hydrogen (secondary N) is 1. The van der Waals surface area contributed by atoms with Crippen molar-refractivity contribution in [2.24, 2.45) is 7.05 Å². The largest absolute Gasteiger partial charge is 0.399 e. The lowest BCUT2D eigenvalue weighted by molar-refractivity contribution is -0.120. The van der Waals surface area contributed by atoms with E-state index in [1.165, 1.54) is 0 Å². The Balaban J connectivity index is 0.000000261. The molecular formula is C17H25N3O2. The normalized spacial score (nSPS) is 10.0. The highest BCUT2D eigenvalue weighted by atomic mass is 16.1. The van der Waals surface area contributed by atoms with Gasteiger partial charge in [0.2, 0.25) is 5.91 Å². The number of hydrogen-bond acceptors (Lipinski definition) is 3. The van der Waals surface area contributed by atoms with Crippen LogP contribution in [0, 0.1) is 6.92 Å². The van der Waals surface area contributed by atoms with Crippen molar-refractivity contribution in [1.82, 2.24) is 9.88 Å². The number of aromatic nitrogens is 1. The summed E-state index contributed by atoms with van der Waals surface area (Å²) in [6.07, 6.45) is 2.76. The number of rotatable bonds is 3. The molecule has 0 aliphatic heterocycles. The van der Waals surface area contributed by atoms with Gasteiger partial charge in [0.05, 0.1) is 5.52 Å². The van der Waals surface area contributed by atoms with E-state index in [0.29, 0.717) is 6.42 Å². The van der Waals surface area contributed by atoms with E-state index >= 15 is 0 Å². The molecule has 0 unspecified atom stereocenters. The van der Waals surface area contributed by atoms with Crippen molar-refractivity contribution in [2.75, 3.05) is 12.8 Å². The van der Waals surface area contributed by atoms with Gasteiger partial charge in [-0.1, -0.05) is 13.3 Å². The van der Waals surface area contributed by atoms with Gasteiger partial charge >= 0.3 is 0 Å². The van der Waals surface area contributed by atoms with Crippen LogP contribution in [0.2, 0.25) is 0 Å². The molecule has 1 amide bonds. The maximum atomic E-state index is 11.6. The first-order valence-electron chi connectivity index (χ1n) is 7.47. The van der Waals surface area contributed by atoms with Crippen LogP contribution in [0.5, 0.6) is 0 Å². The lowest BCUT2D eigenvalue weighted by Crippen LogP contribution is -2.19. The van der Waals surface area contributed by atoms with E-state index in [-0.39, 0.29) is 11.5 Å². The average Bonchev–Trinajstić information content (AvgIpc) is 2.50. The van der Waals surface area contributed by atoms with Gasteiger partial charge in [0.1, 0.15) is 0 Å². The van der Waals surface area contributed by atoms with Crippen molar-refractivity contribution < 1.29 is 4.79 Å². The smallest absolute Gasteiger partial charge is 0.253 e. The van der Waals surface area contributed by atoms with Crippen molar-refractivity contribution in [3.8, 4) is 0 Å². The number of anilines is 1. The van der Waals surface area contributed by atoms with Crippen molar-refractivity contribution >= 4 is 22.5 Å². The zero-order valence-corrected chi connectivity index (χ0v) is 13.8. The molecule has 22 heavy (non-hydrogen) atoms. The van der Waals surface area contributed by atoms with E-state index < -0.39 is 0 Å². The number of amides is 1. The molecule has 0 saturated heterocycles. The number of nitrogens with two attached hydrogens (primary N) is 1. The maximum Gasteiger partial charge on any atom is 0.253 e. The summed E-state index contributed by atoms with van der Waals surface area (Å²) in [5.41, 5.74) is 8.09. The van der Waals surface area contributed by atoms with Crippen molar-refractivity contribution in [3.05, 3.63) is 40.2 Å². The van der Waals surface area contributed by atoms with E-state index in [9.17, 15) is 9.59 Å². The number of aryl methyl sites for hydroxylation is 2. The van der Waals surface area contributed by atoms with E-state index in [1.54, 1.807) is 24.7 Å². The minimum Gasteiger partial charge on any atom is -0.399 e. The summed E-state index contributed by atoms with van der Waals surface area (Å²) in [7, 11) is 3.44. The molecule has 0 aliphatic carbocycles. The van der Waals surface area contributed by atoms with E-state index in [4.69, 9.17) is 5.73 Å². The summed E-state index contributed by atoms with van der Waals surface area (Å²) >= 11 is 0. The number of nitrogen functional groups attached to an aromatic ring is 1. The standard InChI is InChI=1S/C11H12N2O.C6H13NO/c1-7-5-8-6-9(12)3-4-10(8)13(2)11(7)14;1-3-4-5-6(8)7-2/h3-6H,12H2,1-2H3;3-5H2,1-2H3,(H,7,8). The minimum absolute atomic E-state index is 0.0438. The Morgan fingerprint density at radius 1 is 1.32 bits per heavy atom. The number of nitrogens with zero attached hydrogens (tertiary/aromatic N) is 1. The molecule has 0 aliphatic rings. The van der Waals surface area contributed by atoms with Gasteiger partial charge in [0.15, 0.2) is 0 Å². The van der Waals surface area contributed by atoms with Crippen molar-refractivity contribution in [2.45, 2.75) is 33.1 Å². The lowest BCUT2D eigenvalue weighted by atomic mass is 10.1. The topological polar surface area (TPSA) is 77.1 Å². The summed E-state index contributed by atoms with van der Waals surface area (Å²) in [4.78, 5) is 22.1. The van der Waals surface area contributed by atoms with Gasteiger partial charge in [-0.05, 0) is 37.6 Å². The molecule has 5 nitrogen and oxygen atoms in total. The van der Waals surface area contributed by atoms with Crippen LogP contribution in [0.3, 0.4) is 0 Å². The average molecular weight is 303 g/mol. The molecule has 2 rings (SSSR count). The molecule has 0 bridgehead atoms. The third kappa shape index (κ3) is 4.62. The van der Waals surface area contributed by atoms with Gasteiger partial charge in [0, 0.05) is 37.2 Å². The number of hydrogen-bond donors (Lipinski definition) is 2. The third-order valence-electron chi connectivity index (χ3n) is 3.46. The summed E-state index contributed by atoms with van der Waals surface area (Å²) in [6.45, 7) is 3.88. The lowest BCUT2D eigenvalue weighted by Gasteiger charge is -2.06. The first kappa shape index (κ1) is 17.8. The predicted molar refractivity (Wildman–Crippen MR) is 91.9 cm³/mol. The highest BCUT2D eigenvalue weighted by Crippen LogP contribution is 2.15. The Labute approximate surface area is 131 Å². The fraction of sp³-hybridized carbons (Fsp3) is 0.412. The van der Waals surface area contributed by atoms with Crippen LogP contribution < -0.4 is 16.6 Å². The van der Waals surface area contributed by atoms with Gasteiger partial charge in [-0.3, -0.25) is 9.59 Å². The van der Waals surface area contributed by atoms with Crippen LogP contribution in [0.1, 0.15) is 31.7 Å². The van der Waals surface area contributed by atoms with Gasteiger partial charge in [-0.15, -0.1) is 0 Å². The van der Waals surface area contributed by atoms with Crippen molar-refractivity contribution in [3.63, 3.8) is 0 Å². The number of carbonyl (C=O) groups excluding carboxylic acids is 1. The predicted octanol–water partition coefficient (Wildman–Crippen LogP) is 2.35. The maximum absolute atomic E-state index is 11.6. The van der Waals surface area contributed by atoms with E-state index in [0.717, 1.165) is 35.0 Å². The Hall–Kier alpha value is -2.30. The number of unbranched alkanes of at least 4 members (excludes halogenated alkanes) is 1. The molecule has 0 radical (unpaired) electrons. The van der Waals surface area contributed by atoms with Crippen LogP contribution in [0.15, 0.2) is 29.1 Å². The molecule has 1 aromatic heterocycles. The first-order valence-corrected chi connectivity index (χ1v) is 7.47. The monoisotopic (exact) mass is 303 g/mol. The molecule has 0 atom stereocenters. The zero-order valence-electron chi connectivity index (χ0n) is 13.8. The summed E-state index contributed by atoms with van der Waals surface area (Å²) in [5, 5.41) is 3.57. The van der Waals surface area contributed by atoms with Crippen LogP contribution >= 0.6 is 0 Å². The van der Waals surface area contributed by atoms with Gasteiger partial charge in [0.25, 0.3) is 5.56 Å². The quantitative estimate of drug-likeness (QED) is 0.854. The Bertz CT molecular complexity index is 705. The molecule has 1 aromatic carbocycles. The zero-order chi connectivity index (χ0) is 16.7. The molecule has 2 aromatic rings. The highest BCUT2D eigenvalue weighted by Gasteiger charge is 2.02.